The molecule has 1 heterocycles. The SMILES string of the molecule is CCCCn1c(CS)nc2cc(OC)ccc21. The molecule has 92 valence electrons. The highest BCUT2D eigenvalue weighted by atomic mass is 32.1. The standard InChI is InChI=1S/C13H18N2OS/c1-3-4-7-15-12-6-5-10(16-2)8-11(12)14-13(15)9-17/h5-6,8,17H,3-4,7,9H2,1-2H3. The molecule has 0 bridgehead atoms. The second kappa shape index (κ2) is 5.45. The fourth-order valence-corrected chi connectivity index (χ4v) is 2.21. The third kappa shape index (κ3) is 2.41. The van der Waals surface area contributed by atoms with E-state index in [0.29, 0.717) is 5.75 Å². The Labute approximate surface area is 107 Å². The number of benzene rings is 1. The maximum absolute atomic E-state index is 5.22. The van der Waals surface area contributed by atoms with E-state index in [1.54, 1.807) is 7.11 Å². The highest BCUT2D eigenvalue weighted by molar-refractivity contribution is 7.79. The van der Waals surface area contributed by atoms with Crippen molar-refractivity contribution in [1.82, 2.24) is 9.55 Å². The van der Waals surface area contributed by atoms with Crippen molar-refractivity contribution < 1.29 is 4.74 Å². The molecule has 0 radical (unpaired) electrons. The molecule has 0 spiro atoms. The van der Waals surface area contributed by atoms with Crippen LogP contribution in [-0.2, 0) is 12.3 Å². The van der Waals surface area contributed by atoms with Crippen LogP contribution in [0, 0.1) is 0 Å². The van der Waals surface area contributed by atoms with E-state index in [0.717, 1.165) is 30.1 Å². The highest BCUT2D eigenvalue weighted by Gasteiger charge is 2.09. The molecule has 0 atom stereocenters. The van der Waals surface area contributed by atoms with Gasteiger partial charge in [-0.15, -0.1) is 0 Å². The zero-order valence-electron chi connectivity index (χ0n) is 10.3. The van der Waals surface area contributed by atoms with Gasteiger partial charge in [-0.05, 0) is 18.6 Å². The average molecular weight is 250 g/mol. The molecule has 0 amide bonds. The molecular weight excluding hydrogens is 232 g/mol. The fraction of sp³-hybridized carbons (Fsp3) is 0.462. The van der Waals surface area contributed by atoms with Crippen LogP contribution in [0.15, 0.2) is 18.2 Å². The van der Waals surface area contributed by atoms with Crippen LogP contribution in [-0.4, -0.2) is 16.7 Å². The predicted molar refractivity (Wildman–Crippen MR) is 73.9 cm³/mol. The van der Waals surface area contributed by atoms with Gasteiger partial charge in [0.15, 0.2) is 0 Å². The molecule has 3 nitrogen and oxygen atoms in total. The summed E-state index contributed by atoms with van der Waals surface area (Å²) in [6, 6.07) is 6.03. The molecule has 1 aromatic heterocycles. The van der Waals surface area contributed by atoms with Crippen LogP contribution in [0.1, 0.15) is 25.6 Å². The lowest BCUT2D eigenvalue weighted by Gasteiger charge is -2.06. The van der Waals surface area contributed by atoms with E-state index in [1.165, 1.54) is 11.9 Å². The number of hydrogen-bond donors (Lipinski definition) is 1. The molecule has 0 fully saturated rings. The zero-order valence-corrected chi connectivity index (χ0v) is 11.2. The van der Waals surface area contributed by atoms with Crippen LogP contribution in [0.3, 0.4) is 0 Å². The summed E-state index contributed by atoms with van der Waals surface area (Å²) in [5, 5.41) is 0. The van der Waals surface area contributed by atoms with Gasteiger partial charge < -0.3 is 9.30 Å². The lowest BCUT2D eigenvalue weighted by atomic mass is 10.3. The number of rotatable bonds is 5. The summed E-state index contributed by atoms with van der Waals surface area (Å²) in [6.45, 7) is 3.21. The Morgan fingerprint density at radius 1 is 1.41 bits per heavy atom. The minimum Gasteiger partial charge on any atom is -0.497 e. The summed E-state index contributed by atoms with van der Waals surface area (Å²) in [5.74, 6) is 2.55. The van der Waals surface area contributed by atoms with Crippen molar-refractivity contribution in [3.8, 4) is 5.75 Å². The van der Waals surface area contributed by atoms with E-state index in [1.807, 2.05) is 12.1 Å². The third-order valence-corrected chi connectivity index (χ3v) is 3.19. The molecule has 0 N–H and O–H groups in total. The molecule has 0 unspecified atom stereocenters. The van der Waals surface area contributed by atoms with Gasteiger partial charge in [-0.2, -0.15) is 12.6 Å². The number of fused-ring (bicyclic) bond motifs is 1. The Kier molecular flexibility index (Phi) is 3.94. The molecule has 0 aliphatic rings. The topological polar surface area (TPSA) is 27.1 Å². The number of ether oxygens (including phenoxy) is 1. The number of unbranched alkanes of at least 4 members (excludes halogenated alkanes) is 1. The van der Waals surface area contributed by atoms with Gasteiger partial charge in [0.2, 0.25) is 0 Å². The Balaban J connectivity index is 2.47. The maximum Gasteiger partial charge on any atom is 0.121 e. The first-order chi connectivity index (χ1) is 8.30. The van der Waals surface area contributed by atoms with Crippen LogP contribution in [0.4, 0.5) is 0 Å². The fourth-order valence-electron chi connectivity index (χ4n) is 1.97. The van der Waals surface area contributed by atoms with Crippen molar-refractivity contribution in [2.24, 2.45) is 0 Å². The van der Waals surface area contributed by atoms with Crippen molar-refractivity contribution in [2.45, 2.75) is 32.1 Å². The summed E-state index contributed by atoms with van der Waals surface area (Å²) in [4.78, 5) is 4.60. The number of aromatic nitrogens is 2. The number of aryl methyl sites for hydroxylation is 1. The van der Waals surface area contributed by atoms with Gasteiger partial charge >= 0.3 is 0 Å². The Hall–Kier alpha value is -1.16. The van der Waals surface area contributed by atoms with Gasteiger partial charge in [0.05, 0.1) is 18.1 Å². The Morgan fingerprint density at radius 2 is 2.24 bits per heavy atom. The number of nitrogens with zero attached hydrogens (tertiary/aromatic N) is 2. The summed E-state index contributed by atoms with van der Waals surface area (Å²) in [5.41, 5.74) is 2.16. The molecule has 2 aromatic rings. The first kappa shape index (κ1) is 12.3. The van der Waals surface area contributed by atoms with Crippen molar-refractivity contribution >= 4 is 23.7 Å². The van der Waals surface area contributed by atoms with E-state index in [2.05, 4.69) is 35.2 Å². The Bertz CT molecular complexity index is 507. The second-order valence-electron chi connectivity index (χ2n) is 4.05. The number of thiol groups is 1. The van der Waals surface area contributed by atoms with E-state index >= 15 is 0 Å². The average Bonchev–Trinajstić information content (AvgIpc) is 2.72. The van der Waals surface area contributed by atoms with Crippen molar-refractivity contribution in [2.75, 3.05) is 7.11 Å². The summed E-state index contributed by atoms with van der Waals surface area (Å²) in [7, 11) is 1.68. The normalized spacial score (nSPS) is 11.0. The molecule has 2 rings (SSSR count). The van der Waals surface area contributed by atoms with E-state index in [9.17, 15) is 0 Å². The van der Waals surface area contributed by atoms with Gasteiger partial charge in [-0.25, -0.2) is 4.98 Å². The lowest BCUT2D eigenvalue weighted by Crippen LogP contribution is -2.02. The molecule has 17 heavy (non-hydrogen) atoms. The van der Waals surface area contributed by atoms with E-state index in [4.69, 9.17) is 4.74 Å². The van der Waals surface area contributed by atoms with Crippen LogP contribution < -0.4 is 4.74 Å². The Morgan fingerprint density at radius 3 is 2.88 bits per heavy atom. The third-order valence-electron chi connectivity index (χ3n) is 2.91. The molecule has 0 saturated carbocycles. The summed E-state index contributed by atoms with van der Waals surface area (Å²) < 4.78 is 7.47. The summed E-state index contributed by atoms with van der Waals surface area (Å²) in [6.07, 6.45) is 2.35. The van der Waals surface area contributed by atoms with Gasteiger partial charge in [0, 0.05) is 18.4 Å². The van der Waals surface area contributed by atoms with Gasteiger partial charge in [0.25, 0.3) is 0 Å². The lowest BCUT2D eigenvalue weighted by molar-refractivity contribution is 0.415. The van der Waals surface area contributed by atoms with Crippen LogP contribution in [0.2, 0.25) is 0 Å². The maximum atomic E-state index is 5.22. The minimum absolute atomic E-state index is 0.667. The quantitative estimate of drug-likeness (QED) is 0.825. The van der Waals surface area contributed by atoms with E-state index in [-0.39, 0.29) is 0 Å². The number of methoxy groups -OCH3 is 1. The first-order valence-corrected chi connectivity index (χ1v) is 6.57. The second-order valence-corrected chi connectivity index (χ2v) is 4.36. The van der Waals surface area contributed by atoms with Gasteiger partial charge in [-0.1, -0.05) is 13.3 Å². The van der Waals surface area contributed by atoms with Crippen LogP contribution >= 0.6 is 12.6 Å². The summed E-state index contributed by atoms with van der Waals surface area (Å²) >= 11 is 4.35. The monoisotopic (exact) mass is 250 g/mol. The minimum atomic E-state index is 0.667. The number of hydrogen-bond acceptors (Lipinski definition) is 3. The van der Waals surface area contributed by atoms with Crippen molar-refractivity contribution in [3.63, 3.8) is 0 Å². The zero-order chi connectivity index (χ0) is 12.3. The van der Waals surface area contributed by atoms with Crippen molar-refractivity contribution in [1.29, 1.82) is 0 Å². The van der Waals surface area contributed by atoms with Crippen LogP contribution in [0.5, 0.6) is 5.75 Å². The predicted octanol–water partition coefficient (Wildman–Crippen LogP) is 3.27. The molecule has 4 heteroatoms. The van der Waals surface area contributed by atoms with E-state index < -0.39 is 0 Å². The largest absolute Gasteiger partial charge is 0.497 e. The van der Waals surface area contributed by atoms with Crippen molar-refractivity contribution in [3.05, 3.63) is 24.0 Å². The van der Waals surface area contributed by atoms with Gasteiger partial charge in [-0.3, -0.25) is 0 Å². The van der Waals surface area contributed by atoms with Crippen LogP contribution in [0.25, 0.3) is 11.0 Å². The molecule has 0 aliphatic heterocycles. The first-order valence-electron chi connectivity index (χ1n) is 5.94. The molecule has 1 aromatic carbocycles. The number of imidazole rings is 1. The highest BCUT2D eigenvalue weighted by Crippen LogP contribution is 2.23. The molecular formula is C13H18N2OS. The smallest absolute Gasteiger partial charge is 0.121 e. The van der Waals surface area contributed by atoms with Gasteiger partial charge in [0.1, 0.15) is 11.6 Å². The molecule has 0 saturated heterocycles. The molecule has 0 aliphatic carbocycles.